The predicted molar refractivity (Wildman–Crippen MR) is 125 cm³/mol. The van der Waals surface area contributed by atoms with Gasteiger partial charge < -0.3 is 25.0 Å². The van der Waals surface area contributed by atoms with Crippen LogP contribution in [0.2, 0.25) is 0 Å². The first-order valence-electron chi connectivity index (χ1n) is 11.6. The second-order valence-corrected chi connectivity index (χ2v) is 8.14. The summed E-state index contributed by atoms with van der Waals surface area (Å²) in [6, 6.07) is 5.60. The van der Waals surface area contributed by atoms with Gasteiger partial charge in [-0.25, -0.2) is 14.8 Å². The number of aryl methyl sites for hydroxylation is 1. The van der Waals surface area contributed by atoms with Crippen LogP contribution < -0.4 is 5.32 Å². The van der Waals surface area contributed by atoms with Crippen LogP contribution in [0, 0.1) is 6.92 Å². The molecule has 0 radical (unpaired) electrons. The van der Waals surface area contributed by atoms with Gasteiger partial charge in [0.1, 0.15) is 18.2 Å². The average molecular weight is 478 g/mol. The number of nitrogens with one attached hydrogen (secondary N) is 1. The second kappa shape index (κ2) is 11.1. The number of benzene rings is 1. The molecule has 0 bridgehead atoms. The highest BCUT2D eigenvalue weighted by molar-refractivity contribution is 5.76. The van der Waals surface area contributed by atoms with E-state index in [1.165, 1.54) is 12.1 Å². The smallest absolute Gasteiger partial charge is 0.320 e. The Morgan fingerprint density at radius 2 is 1.91 bits per heavy atom. The van der Waals surface area contributed by atoms with E-state index in [9.17, 15) is 13.6 Å². The largest absolute Gasteiger partial charge is 0.390 e. The number of aromatic nitrogens is 2. The number of rotatable bonds is 5. The van der Waals surface area contributed by atoms with Crippen molar-refractivity contribution in [3.8, 4) is 0 Å². The van der Waals surface area contributed by atoms with Gasteiger partial charge in [-0.1, -0.05) is 32.0 Å². The van der Waals surface area contributed by atoms with Crippen LogP contribution in [-0.2, 0) is 23.7 Å². The van der Waals surface area contributed by atoms with Gasteiger partial charge >= 0.3 is 6.03 Å². The Labute approximate surface area is 199 Å². The summed E-state index contributed by atoms with van der Waals surface area (Å²) in [5, 5.41) is 12.3. The minimum atomic E-state index is -3.30. The fourth-order valence-electron chi connectivity index (χ4n) is 4.00. The first-order valence-corrected chi connectivity index (χ1v) is 11.6. The van der Waals surface area contributed by atoms with Gasteiger partial charge in [-0.15, -0.1) is 0 Å². The quantitative estimate of drug-likeness (QED) is 0.680. The predicted octanol–water partition coefficient (Wildman–Crippen LogP) is 3.84. The summed E-state index contributed by atoms with van der Waals surface area (Å²) >= 11 is 0. The molecule has 1 aromatic carbocycles. The fourth-order valence-corrected chi connectivity index (χ4v) is 4.00. The van der Waals surface area contributed by atoms with Crippen LogP contribution in [0.4, 0.5) is 19.4 Å². The van der Waals surface area contributed by atoms with Gasteiger partial charge in [-0.05, 0) is 25.5 Å². The molecule has 10 heteroatoms. The molecule has 2 aliphatic rings. The van der Waals surface area contributed by atoms with Crippen molar-refractivity contribution < 1.29 is 23.4 Å². The summed E-state index contributed by atoms with van der Waals surface area (Å²) in [6.07, 6.45) is 0. The number of morpholine rings is 1. The minimum absolute atomic E-state index is 0.0538. The number of hydrogen-bond acceptors (Lipinski definition) is 6. The van der Waals surface area contributed by atoms with E-state index in [4.69, 9.17) is 9.84 Å². The number of fused-ring (bicyclic) bond motifs is 1. The van der Waals surface area contributed by atoms with Crippen LogP contribution >= 0.6 is 0 Å². The van der Waals surface area contributed by atoms with Crippen molar-refractivity contribution in [3.63, 3.8) is 0 Å². The Bertz CT molecular complexity index is 999. The number of amides is 2. The van der Waals surface area contributed by atoms with E-state index in [-0.39, 0.29) is 17.6 Å². The van der Waals surface area contributed by atoms with Gasteiger partial charge in [0, 0.05) is 30.3 Å². The molecule has 4 rings (SSSR count). The number of aliphatic hydroxyl groups excluding tert-OH is 1. The highest BCUT2D eigenvalue weighted by Crippen LogP contribution is 2.32. The SMILES string of the molecule is CC.Cc1nc2c(c(NC(C)c3cccc(C(F)(F)CO)c3)n1)CN(C(=O)N1CCOCC1)C2. The van der Waals surface area contributed by atoms with E-state index in [0.717, 1.165) is 11.3 Å². The van der Waals surface area contributed by atoms with Crippen molar-refractivity contribution in [2.45, 2.75) is 52.7 Å². The number of alkyl halides is 2. The Morgan fingerprint density at radius 3 is 2.59 bits per heavy atom. The summed E-state index contributed by atoms with van der Waals surface area (Å²) in [5.41, 5.74) is 2.02. The van der Waals surface area contributed by atoms with Crippen LogP contribution in [0.3, 0.4) is 0 Å². The average Bonchev–Trinajstić information content (AvgIpc) is 3.29. The molecule has 2 aromatic rings. The number of halogens is 2. The van der Waals surface area contributed by atoms with E-state index in [0.29, 0.717) is 56.6 Å². The normalized spacial score (nSPS) is 16.4. The molecule has 0 spiro atoms. The van der Waals surface area contributed by atoms with Gasteiger partial charge in [0.15, 0.2) is 0 Å². The Morgan fingerprint density at radius 1 is 1.21 bits per heavy atom. The summed E-state index contributed by atoms with van der Waals surface area (Å²) < 4.78 is 33.2. The van der Waals surface area contributed by atoms with Crippen LogP contribution in [0.1, 0.15) is 55.0 Å². The van der Waals surface area contributed by atoms with Crippen molar-refractivity contribution in [2.24, 2.45) is 0 Å². The van der Waals surface area contributed by atoms with E-state index >= 15 is 0 Å². The zero-order valence-electron chi connectivity index (χ0n) is 20.1. The van der Waals surface area contributed by atoms with E-state index < -0.39 is 12.5 Å². The molecule has 1 atom stereocenters. The molecule has 0 aliphatic carbocycles. The lowest BCUT2D eigenvalue weighted by Crippen LogP contribution is -2.46. The van der Waals surface area contributed by atoms with E-state index in [1.54, 1.807) is 28.9 Å². The first-order chi connectivity index (χ1) is 16.3. The lowest BCUT2D eigenvalue weighted by molar-refractivity contribution is -0.0556. The first kappa shape index (κ1) is 25.8. The van der Waals surface area contributed by atoms with Crippen molar-refractivity contribution in [2.75, 3.05) is 38.2 Å². The van der Waals surface area contributed by atoms with Crippen molar-refractivity contribution in [1.82, 2.24) is 19.8 Å². The second-order valence-electron chi connectivity index (χ2n) is 8.14. The van der Waals surface area contributed by atoms with Gasteiger partial charge in [0.25, 0.3) is 5.92 Å². The van der Waals surface area contributed by atoms with Crippen LogP contribution in [0.15, 0.2) is 24.3 Å². The molecule has 2 N–H and O–H groups in total. The minimum Gasteiger partial charge on any atom is -0.390 e. The number of urea groups is 1. The topological polar surface area (TPSA) is 90.8 Å². The third-order valence-corrected chi connectivity index (χ3v) is 5.81. The van der Waals surface area contributed by atoms with Crippen molar-refractivity contribution in [1.29, 1.82) is 0 Å². The maximum atomic E-state index is 13.9. The standard InChI is InChI=1S/C22H27F2N5O3.C2H6/c1-14(16-4-3-5-17(10-16)22(23,24)13-30)25-20-18-11-29(12-19(18)26-15(2)27-20)21(31)28-6-8-32-9-7-28;1-2/h3-5,10,14,30H,6-9,11-13H2,1-2H3,(H,25,26,27);1-2H3. The number of aliphatic hydroxyl groups is 1. The molecule has 1 fully saturated rings. The van der Waals surface area contributed by atoms with Crippen LogP contribution in [-0.4, -0.2) is 63.8 Å². The van der Waals surface area contributed by atoms with Crippen LogP contribution in [0.5, 0.6) is 0 Å². The summed E-state index contributed by atoms with van der Waals surface area (Å²) in [6.45, 7) is 9.36. The maximum Gasteiger partial charge on any atom is 0.320 e. The molecule has 0 saturated carbocycles. The van der Waals surface area contributed by atoms with Crippen molar-refractivity contribution >= 4 is 11.8 Å². The Hall–Kier alpha value is -2.85. The molecule has 8 nitrogen and oxygen atoms in total. The summed E-state index contributed by atoms with van der Waals surface area (Å²) in [5.74, 6) is -2.14. The zero-order chi connectivity index (χ0) is 24.9. The van der Waals surface area contributed by atoms with Crippen LogP contribution in [0.25, 0.3) is 0 Å². The third kappa shape index (κ3) is 5.61. The maximum absolute atomic E-state index is 13.9. The Balaban J connectivity index is 0.00000158. The van der Waals surface area contributed by atoms with Gasteiger partial charge in [0.2, 0.25) is 0 Å². The Kier molecular flexibility index (Phi) is 8.37. The lowest BCUT2D eigenvalue weighted by Gasteiger charge is -2.30. The summed E-state index contributed by atoms with van der Waals surface area (Å²) in [7, 11) is 0. The van der Waals surface area contributed by atoms with Gasteiger partial charge in [0.05, 0.1) is 32.0 Å². The molecular formula is C24H33F2N5O3. The molecule has 3 heterocycles. The number of carbonyl (C=O) groups is 1. The number of ether oxygens (including phenoxy) is 1. The molecule has 1 unspecified atom stereocenters. The van der Waals surface area contributed by atoms with Gasteiger partial charge in [-0.2, -0.15) is 8.78 Å². The molecule has 2 aliphatic heterocycles. The molecule has 1 saturated heterocycles. The number of carbonyl (C=O) groups excluding carboxylic acids is 1. The molecule has 2 amide bonds. The van der Waals surface area contributed by atoms with E-state index in [2.05, 4.69) is 15.3 Å². The lowest BCUT2D eigenvalue weighted by atomic mass is 10.0. The number of nitrogens with zero attached hydrogens (tertiary/aromatic N) is 4. The zero-order valence-corrected chi connectivity index (χ0v) is 20.1. The van der Waals surface area contributed by atoms with E-state index in [1.807, 2.05) is 20.8 Å². The molecule has 186 valence electrons. The van der Waals surface area contributed by atoms with Gasteiger partial charge in [-0.3, -0.25) is 0 Å². The molecule has 34 heavy (non-hydrogen) atoms. The monoisotopic (exact) mass is 477 g/mol. The highest BCUT2D eigenvalue weighted by Gasteiger charge is 2.33. The molecular weight excluding hydrogens is 444 g/mol. The number of anilines is 1. The number of hydrogen-bond donors (Lipinski definition) is 2. The van der Waals surface area contributed by atoms with Crippen molar-refractivity contribution in [3.05, 3.63) is 52.5 Å². The highest BCUT2D eigenvalue weighted by atomic mass is 19.3. The third-order valence-electron chi connectivity index (χ3n) is 5.81. The fraction of sp³-hybridized carbons (Fsp3) is 0.542. The molecule has 1 aromatic heterocycles. The summed E-state index contributed by atoms with van der Waals surface area (Å²) in [4.78, 5) is 25.5.